The van der Waals surface area contributed by atoms with Gasteiger partial charge in [0.05, 0.1) is 11.0 Å². The fourth-order valence-electron chi connectivity index (χ4n) is 2.66. The number of aryl methyl sites for hydroxylation is 2. The number of para-hydroxylation sites is 2. The summed E-state index contributed by atoms with van der Waals surface area (Å²) >= 11 is 0. The molecule has 4 nitrogen and oxygen atoms in total. The molecule has 3 rings (SSSR count). The average molecular weight is 258 g/mol. The summed E-state index contributed by atoms with van der Waals surface area (Å²) in [5.74, 6) is 0.583. The van der Waals surface area contributed by atoms with E-state index in [0.29, 0.717) is 11.6 Å². The van der Waals surface area contributed by atoms with Crippen molar-refractivity contribution in [3.8, 4) is 0 Å². The topological polar surface area (TPSA) is 44.1 Å². The molecule has 2 aromatic rings. The Morgan fingerprint density at radius 1 is 1.42 bits per heavy atom. The minimum atomic E-state index is 0.0256. The monoisotopic (exact) mass is 258 g/mol. The molecule has 1 aromatic carbocycles. The van der Waals surface area contributed by atoms with Gasteiger partial charge in [-0.1, -0.05) is 12.1 Å². The second-order valence-corrected chi connectivity index (χ2v) is 5.16. The Labute approximate surface area is 112 Å². The Bertz CT molecular complexity index is 642. The second-order valence-electron chi connectivity index (χ2n) is 5.16. The van der Waals surface area contributed by atoms with E-state index in [1.54, 1.807) is 6.92 Å². The van der Waals surface area contributed by atoms with Crippen molar-refractivity contribution in [1.82, 2.24) is 9.55 Å². The first-order chi connectivity index (χ1) is 9.25. The van der Waals surface area contributed by atoms with Crippen LogP contribution in [0.3, 0.4) is 0 Å². The molecule has 1 fully saturated rings. The molecule has 0 radical (unpaired) electrons. The summed E-state index contributed by atoms with van der Waals surface area (Å²) in [6, 6.07) is 7.83. The highest BCUT2D eigenvalue weighted by Gasteiger charge is 2.16. The summed E-state index contributed by atoms with van der Waals surface area (Å²) in [6.07, 6.45) is 2.10. The molecule has 1 aliphatic rings. The zero-order valence-corrected chi connectivity index (χ0v) is 11.1. The molecular weight excluding hydrogens is 240 g/mol. The minimum absolute atomic E-state index is 0.0256. The van der Waals surface area contributed by atoms with E-state index in [4.69, 9.17) is 4.74 Å². The third-order valence-corrected chi connectivity index (χ3v) is 3.80. The average Bonchev–Trinajstić information content (AvgIpc) is 2.92. The van der Waals surface area contributed by atoms with Gasteiger partial charge < -0.3 is 9.30 Å². The lowest BCUT2D eigenvalue weighted by molar-refractivity contribution is 0.183. The maximum Gasteiger partial charge on any atom is 0.272 e. The largest absolute Gasteiger partial charge is 0.381 e. The highest BCUT2D eigenvalue weighted by Crippen LogP contribution is 2.18. The highest BCUT2D eigenvalue weighted by molar-refractivity contribution is 5.74. The second kappa shape index (κ2) is 5.13. The molecule has 0 bridgehead atoms. The number of aromatic nitrogens is 2. The van der Waals surface area contributed by atoms with Crippen LogP contribution in [-0.4, -0.2) is 22.8 Å². The molecule has 0 spiro atoms. The fraction of sp³-hybridized carbons (Fsp3) is 0.467. The molecule has 1 aliphatic heterocycles. The minimum Gasteiger partial charge on any atom is -0.381 e. The van der Waals surface area contributed by atoms with Crippen LogP contribution in [0.5, 0.6) is 0 Å². The van der Waals surface area contributed by atoms with Gasteiger partial charge >= 0.3 is 0 Å². The van der Waals surface area contributed by atoms with Gasteiger partial charge in [-0.25, -0.2) is 4.98 Å². The number of hydrogen-bond acceptors (Lipinski definition) is 3. The number of hydrogen-bond donors (Lipinski definition) is 0. The van der Waals surface area contributed by atoms with Gasteiger partial charge in [-0.3, -0.25) is 4.79 Å². The number of ether oxygens (including phenoxy) is 1. The van der Waals surface area contributed by atoms with Gasteiger partial charge in [0.2, 0.25) is 0 Å². The van der Waals surface area contributed by atoms with Crippen molar-refractivity contribution in [3.63, 3.8) is 0 Å². The zero-order valence-electron chi connectivity index (χ0n) is 11.1. The van der Waals surface area contributed by atoms with Crippen molar-refractivity contribution in [2.24, 2.45) is 5.92 Å². The first-order valence-corrected chi connectivity index (χ1v) is 6.79. The maximum atomic E-state index is 12.3. The van der Waals surface area contributed by atoms with E-state index in [1.165, 1.54) is 0 Å². The molecule has 19 heavy (non-hydrogen) atoms. The number of fused-ring (bicyclic) bond motifs is 1. The standard InChI is InChI=1S/C15H18N2O2/c1-11-15(18)17(8-6-12-7-9-19-10-12)14-5-3-2-4-13(14)16-11/h2-5,12H,6-10H2,1H3/t12-/m1/s1. The van der Waals surface area contributed by atoms with Crippen molar-refractivity contribution >= 4 is 11.0 Å². The molecule has 0 unspecified atom stereocenters. The van der Waals surface area contributed by atoms with Crippen LogP contribution in [0.1, 0.15) is 18.5 Å². The van der Waals surface area contributed by atoms with E-state index in [0.717, 1.165) is 43.6 Å². The lowest BCUT2D eigenvalue weighted by atomic mass is 10.1. The van der Waals surface area contributed by atoms with Crippen LogP contribution in [0.4, 0.5) is 0 Å². The van der Waals surface area contributed by atoms with Gasteiger partial charge in [-0.05, 0) is 37.8 Å². The zero-order chi connectivity index (χ0) is 13.2. The Morgan fingerprint density at radius 3 is 3.05 bits per heavy atom. The lowest BCUT2D eigenvalue weighted by Gasteiger charge is -2.13. The Balaban J connectivity index is 1.96. The summed E-state index contributed by atoms with van der Waals surface area (Å²) in [4.78, 5) is 16.6. The van der Waals surface area contributed by atoms with Crippen LogP contribution < -0.4 is 5.56 Å². The molecule has 0 amide bonds. The fourth-order valence-corrected chi connectivity index (χ4v) is 2.66. The highest BCUT2D eigenvalue weighted by atomic mass is 16.5. The SMILES string of the molecule is Cc1nc2ccccc2n(CC[C@@H]2CCOC2)c1=O. The predicted molar refractivity (Wildman–Crippen MR) is 74.3 cm³/mol. The van der Waals surface area contributed by atoms with E-state index in [2.05, 4.69) is 4.98 Å². The van der Waals surface area contributed by atoms with Crippen LogP contribution in [0.2, 0.25) is 0 Å². The van der Waals surface area contributed by atoms with Crippen molar-refractivity contribution in [2.75, 3.05) is 13.2 Å². The molecular formula is C15H18N2O2. The molecule has 0 aliphatic carbocycles. The van der Waals surface area contributed by atoms with Crippen molar-refractivity contribution < 1.29 is 4.74 Å². The van der Waals surface area contributed by atoms with Crippen LogP contribution in [0.25, 0.3) is 11.0 Å². The molecule has 1 saturated heterocycles. The summed E-state index contributed by atoms with van der Waals surface area (Å²) in [7, 11) is 0. The summed E-state index contributed by atoms with van der Waals surface area (Å²) in [5, 5.41) is 0. The Morgan fingerprint density at radius 2 is 2.26 bits per heavy atom. The van der Waals surface area contributed by atoms with E-state index in [1.807, 2.05) is 28.8 Å². The molecule has 2 heterocycles. The van der Waals surface area contributed by atoms with Crippen LogP contribution in [-0.2, 0) is 11.3 Å². The number of nitrogens with zero attached hydrogens (tertiary/aromatic N) is 2. The first-order valence-electron chi connectivity index (χ1n) is 6.79. The summed E-state index contributed by atoms with van der Waals surface area (Å²) in [5.41, 5.74) is 2.42. The number of benzene rings is 1. The van der Waals surface area contributed by atoms with Gasteiger partial charge in [0.25, 0.3) is 5.56 Å². The first kappa shape index (κ1) is 12.4. The van der Waals surface area contributed by atoms with Crippen molar-refractivity contribution in [1.29, 1.82) is 0 Å². The predicted octanol–water partition coefficient (Wildman–Crippen LogP) is 2.13. The van der Waals surface area contributed by atoms with Crippen LogP contribution in [0, 0.1) is 12.8 Å². The molecule has 1 aromatic heterocycles. The van der Waals surface area contributed by atoms with Gasteiger partial charge in [-0.15, -0.1) is 0 Å². The van der Waals surface area contributed by atoms with Crippen molar-refractivity contribution in [2.45, 2.75) is 26.3 Å². The molecule has 4 heteroatoms. The van der Waals surface area contributed by atoms with Gasteiger partial charge in [-0.2, -0.15) is 0 Å². The Hall–Kier alpha value is -1.68. The van der Waals surface area contributed by atoms with Crippen LogP contribution in [0.15, 0.2) is 29.1 Å². The third-order valence-electron chi connectivity index (χ3n) is 3.80. The van der Waals surface area contributed by atoms with Gasteiger partial charge in [0.1, 0.15) is 5.69 Å². The van der Waals surface area contributed by atoms with Gasteiger partial charge in [0, 0.05) is 19.8 Å². The van der Waals surface area contributed by atoms with E-state index < -0.39 is 0 Å². The lowest BCUT2D eigenvalue weighted by Crippen LogP contribution is -2.25. The summed E-state index contributed by atoms with van der Waals surface area (Å²) < 4.78 is 7.24. The molecule has 1 atom stereocenters. The van der Waals surface area contributed by atoms with Gasteiger partial charge in [0.15, 0.2) is 0 Å². The van der Waals surface area contributed by atoms with E-state index >= 15 is 0 Å². The van der Waals surface area contributed by atoms with E-state index in [9.17, 15) is 4.79 Å². The number of rotatable bonds is 3. The molecule has 0 saturated carbocycles. The third kappa shape index (κ3) is 2.40. The van der Waals surface area contributed by atoms with Crippen molar-refractivity contribution in [3.05, 3.63) is 40.3 Å². The quantitative estimate of drug-likeness (QED) is 0.847. The maximum absolute atomic E-state index is 12.3. The summed E-state index contributed by atoms with van der Waals surface area (Å²) in [6.45, 7) is 4.22. The normalized spacial score (nSPS) is 19.1. The van der Waals surface area contributed by atoms with Crippen LogP contribution >= 0.6 is 0 Å². The molecule has 0 N–H and O–H groups in total. The Kier molecular flexibility index (Phi) is 3.34. The smallest absolute Gasteiger partial charge is 0.272 e. The molecule has 100 valence electrons. The van der Waals surface area contributed by atoms with E-state index in [-0.39, 0.29) is 5.56 Å².